The lowest BCUT2D eigenvalue weighted by atomic mass is 9.96. The second kappa shape index (κ2) is 3.78. The van der Waals surface area contributed by atoms with Crippen molar-refractivity contribution in [3.63, 3.8) is 0 Å². The van der Waals surface area contributed by atoms with E-state index in [1.54, 1.807) is 19.1 Å². The SMILES string of the molecule is CC(C(=O)O)c1c2ccoc2c(Cl)c2ccoc12. The van der Waals surface area contributed by atoms with Gasteiger partial charge in [-0.2, -0.15) is 0 Å². The number of carboxylic acids is 1. The third kappa shape index (κ3) is 1.36. The lowest BCUT2D eigenvalue weighted by Crippen LogP contribution is -2.08. The maximum atomic E-state index is 11.2. The Labute approximate surface area is 107 Å². The van der Waals surface area contributed by atoms with E-state index in [9.17, 15) is 9.90 Å². The van der Waals surface area contributed by atoms with E-state index in [2.05, 4.69) is 0 Å². The molecule has 5 heteroatoms. The molecule has 0 aliphatic carbocycles. The summed E-state index contributed by atoms with van der Waals surface area (Å²) in [6, 6.07) is 3.41. The molecule has 2 heterocycles. The molecular formula is C13H9ClO4. The predicted octanol–water partition coefficient (Wildman–Crippen LogP) is 4.02. The van der Waals surface area contributed by atoms with Gasteiger partial charge in [-0.15, -0.1) is 0 Å². The fourth-order valence-corrected chi connectivity index (χ4v) is 2.48. The standard InChI is InChI=1S/C13H9ClO4/c1-6(13(15)16)9-7-2-4-18-12(7)10(14)8-3-5-17-11(8)9/h2-6H,1H3,(H,15,16). The molecule has 1 atom stereocenters. The Bertz CT molecular complexity index is 701. The minimum Gasteiger partial charge on any atom is -0.481 e. The van der Waals surface area contributed by atoms with Gasteiger partial charge in [0.1, 0.15) is 5.58 Å². The van der Waals surface area contributed by atoms with Crippen molar-refractivity contribution < 1.29 is 18.7 Å². The smallest absolute Gasteiger partial charge is 0.310 e. The number of carboxylic acid groups (broad SMARTS) is 1. The molecule has 3 rings (SSSR count). The summed E-state index contributed by atoms with van der Waals surface area (Å²) in [5.74, 6) is -1.62. The molecule has 0 saturated carbocycles. The summed E-state index contributed by atoms with van der Waals surface area (Å²) in [5, 5.41) is 11.0. The summed E-state index contributed by atoms with van der Waals surface area (Å²) in [5.41, 5.74) is 1.59. The van der Waals surface area contributed by atoms with Crippen LogP contribution in [0.1, 0.15) is 18.4 Å². The van der Waals surface area contributed by atoms with Crippen molar-refractivity contribution in [2.45, 2.75) is 12.8 Å². The van der Waals surface area contributed by atoms with E-state index in [4.69, 9.17) is 20.4 Å². The molecule has 1 N–H and O–H groups in total. The zero-order valence-corrected chi connectivity index (χ0v) is 10.2. The van der Waals surface area contributed by atoms with Crippen LogP contribution >= 0.6 is 11.6 Å². The fourth-order valence-electron chi connectivity index (χ4n) is 2.18. The number of halogens is 1. The van der Waals surface area contributed by atoms with E-state index in [1.807, 2.05) is 0 Å². The van der Waals surface area contributed by atoms with Gasteiger partial charge in [-0.25, -0.2) is 0 Å². The Morgan fingerprint density at radius 1 is 1.22 bits per heavy atom. The normalized spacial score (nSPS) is 13.2. The minimum atomic E-state index is -0.919. The molecule has 2 aromatic heterocycles. The van der Waals surface area contributed by atoms with Crippen LogP contribution in [0.2, 0.25) is 5.02 Å². The highest BCUT2D eigenvalue weighted by Gasteiger charge is 2.25. The molecule has 1 aromatic carbocycles. The van der Waals surface area contributed by atoms with E-state index in [1.165, 1.54) is 12.5 Å². The Balaban J connectivity index is 2.51. The molecule has 92 valence electrons. The van der Waals surface area contributed by atoms with Crippen LogP contribution in [0.3, 0.4) is 0 Å². The first-order chi connectivity index (χ1) is 8.61. The molecule has 0 fully saturated rings. The van der Waals surface area contributed by atoms with Crippen molar-refractivity contribution in [2.24, 2.45) is 0 Å². The molecule has 0 spiro atoms. The predicted molar refractivity (Wildman–Crippen MR) is 67.0 cm³/mol. The summed E-state index contributed by atoms with van der Waals surface area (Å²) >= 11 is 6.21. The van der Waals surface area contributed by atoms with Crippen LogP contribution in [0, 0.1) is 0 Å². The summed E-state index contributed by atoms with van der Waals surface area (Å²) in [7, 11) is 0. The largest absolute Gasteiger partial charge is 0.481 e. The van der Waals surface area contributed by atoms with Gasteiger partial charge in [-0.05, 0) is 19.1 Å². The highest BCUT2D eigenvalue weighted by molar-refractivity contribution is 6.40. The van der Waals surface area contributed by atoms with Crippen LogP contribution in [-0.2, 0) is 4.79 Å². The van der Waals surface area contributed by atoms with Crippen molar-refractivity contribution in [2.75, 3.05) is 0 Å². The van der Waals surface area contributed by atoms with Gasteiger partial charge in [0, 0.05) is 16.3 Å². The van der Waals surface area contributed by atoms with E-state index < -0.39 is 11.9 Å². The van der Waals surface area contributed by atoms with E-state index >= 15 is 0 Å². The molecule has 0 saturated heterocycles. The summed E-state index contributed by atoms with van der Waals surface area (Å²) < 4.78 is 10.7. The molecular weight excluding hydrogens is 256 g/mol. The Morgan fingerprint density at radius 2 is 1.83 bits per heavy atom. The third-order valence-corrected chi connectivity index (χ3v) is 3.48. The van der Waals surface area contributed by atoms with Crippen molar-refractivity contribution in [1.29, 1.82) is 0 Å². The lowest BCUT2D eigenvalue weighted by molar-refractivity contribution is -0.138. The molecule has 0 bridgehead atoms. The minimum absolute atomic E-state index is 0.445. The molecule has 0 amide bonds. The van der Waals surface area contributed by atoms with Crippen LogP contribution in [0.5, 0.6) is 0 Å². The molecule has 0 aliphatic heterocycles. The average Bonchev–Trinajstić information content (AvgIpc) is 2.96. The third-order valence-electron chi connectivity index (χ3n) is 3.10. The van der Waals surface area contributed by atoms with Gasteiger partial charge in [0.2, 0.25) is 0 Å². The molecule has 1 unspecified atom stereocenters. The Kier molecular flexibility index (Phi) is 2.35. The maximum Gasteiger partial charge on any atom is 0.310 e. The molecule has 0 radical (unpaired) electrons. The topological polar surface area (TPSA) is 63.6 Å². The quantitative estimate of drug-likeness (QED) is 0.759. The van der Waals surface area contributed by atoms with Crippen LogP contribution in [-0.4, -0.2) is 11.1 Å². The van der Waals surface area contributed by atoms with Gasteiger partial charge in [0.15, 0.2) is 5.58 Å². The van der Waals surface area contributed by atoms with Crippen LogP contribution < -0.4 is 0 Å². The molecule has 18 heavy (non-hydrogen) atoms. The maximum absolute atomic E-state index is 11.2. The van der Waals surface area contributed by atoms with Gasteiger partial charge < -0.3 is 13.9 Å². The van der Waals surface area contributed by atoms with E-state index in [-0.39, 0.29) is 0 Å². The summed E-state index contributed by atoms with van der Waals surface area (Å²) in [6.07, 6.45) is 2.99. The van der Waals surface area contributed by atoms with Crippen molar-refractivity contribution >= 4 is 39.5 Å². The van der Waals surface area contributed by atoms with Crippen molar-refractivity contribution in [3.8, 4) is 0 Å². The number of hydrogen-bond donors (Lipinski definition) is 1. The van der Waals surface area contributed by atoms with Crippen LogP contribution in [0.4, 0.5) is 0 Å². The van der Waals surface area contributed by atoms with Crippen molar-refractivity contribution in [1.82, 2.24) is 0 Å². The number of fused-ring (bicyclic) bond motifs is 2. The fraction of sp³-hybridized carbons (Fsp3) is 0.154. The molecule has 4 nitrogen and oxygen atoms in total. The van der Waals surface area contributed by atoms with Gasteiger partial charge in [0.05, 0.1) is 23.5 Å². The molecule has 3 aromatic rings. The molecule has 0 aliphatic rings. The summed E-state index contributed by atoms with van der Waals surface area (Å²) in [6.45, 7) is 1.61. The first kappa shape index (κ1) is 11.2. The van der Waals surface area contributed by atoms with Crippen molar-refractivity contribution in [3.05, 3.63) is 35.2 Å². The number of carbonyl (C=O) groups is 1. The first-order valence-corrected chi connectivity index (χ1v) is 5.77. The Morgan fingerprint density at radius 3 is 2.50 bits per heavy atom. The highest BCUT2D eigenvalue weighted by Crippen LogP contribution is 2.40. The van der Waals surface area contributed by atoms with Crippen LogP contribution in [0.25, 0.3) is 21.9 Å². The van der Waals surface area contributed by atoms with Crippen LogP contribution in [0.15, 0.2) is 33.5 Å². The number of furan rings is 2. The monoisotopic (exact) mass is 264 g/mol. The zero-order chi connectivity index (χ0) is 12.9. The van der Waals surface area contributed by atoms with E-state index in [0.29, 0.717) is 32.5 Å². The number of aliphatic carboxylic acids is 1. The second-order valence-electron chi connectivity index (χ2n) is 4.11. The lowest BCUT2D eigenvalue weighted by Gasteiger charge is -2.09. The van der Waals surface area contributed by atoms with Gasteiger partial charge in [-0.3, -0.25) is 4.79 Å². The van der Waals surface area contributed by atoms with E-state index in [0.717, 1.165) is 0 Å². The first-order valence-electron chi connectivity index (χ1n) is 5.40. The van der Waals surface area contributed by atoms with Gasteiger partial charge in [0.25, 0.3) is 0 Å². The van der Waals surface area contributed by atoms with Gasteiger partial charge >= 0.3 is 5.97 Å². The number of hydrogen-bond acceptors (Lipinski definition) is 3. The number of benzene rings is 1. The summed E-state index contributed by atoms with van der Waals surface area (Å²) in [4.78, 5) is 11.2. The highest BCUT2D eigenvalue weighted by atomic mass is 35.5. The Hall–Kier alpha value is -1.94. The zero-order valence-electron chi connectivity index (χ0n) is 9.44. The van der Waals surface area contributed by atoms with Gasteiger partial charge in [-0.1, -0.05) is 11.6 Å². The second-order valence-corrected chi connectivity index (χ2v) is 4.49. The number of rotatable bonds is 2. The average molecular weight is 265 g/mol.